The van der Waals surface area contributed by atoms with Crippen LogP contribution in [0.3, 0.4) is 0 Å². The molecule has 2 rings (SSSR count). The molecule has 0 spiro atoms. The van der Waals surface area contributed by atoms with Gasteiger partial charge < -0.3 is 10.6 Å². The minimum atomic E-state index is 0.175. The maximum Gasteiger partial charge on any atom is 0.0307 e. The monoisotopic (exact) mass is 278 g/mol. The number of hydrogen-bond acceptors (Lipinski definition) is 3. The van der Waals surface area contributed by atoms with E-state index in [4.69, 9.17) is 5.73 Å². The molecule has 1 aliphatic rings. The molecule has 1 aromatic carbocycles. The predicted molar refractivity (Wildman–Crippen MR) is 85.8 cm³/mol. The molecule has 1 atom stereocenters. The summed E-state index contributed by atoms with van der Waals surface area (Å²) in [5, 5.41) is 0. The van der Waals surface area contributed by atoms with Crippen molar-refractivity contribution >= 4 is 11.8 Å². The van der Waals surface area contributed by atoms with Gasteiger partial charge in [0, 0.05) is 18.3 Å². The molecule has 0 aromatic heterocycles. The van der Waals surface area contributed by atoms with Gasteiger partial charge in [0.15, 0.2) is 0 Å². The molecule has 2 nitrogen and oxygen atoms in total. The fraction of sp³-hybridized carbons (Fsp3) is 0.625. The Hall–Kier alpha value is -0.510. The van der Waals surface area contributed by atoms with Crippen molar-refractivity contribution in [2.45, 2.75) is 32.7 Å². The van der Waals surface area contributed by atoms with E-state index in [0.717, 1.165) is 13.0 Å². The summed E-state index contributed by atoms with van der Waals surface area (Å²) in [7, 11) is 0. The average Bonchev–Trinajstić information content (AvgIpc) is 2.63. The van der Waals surface area contributed by atoms with Crippen LogP contribution in [0.4, 0.5) is 0 Å². The minimum Gasteiger partial charge on any atom is -0.324 e. The summed E-state index contributed by atoms with van der Waals surface area (Å²) in [5.41, 5.74) is 10.3. The third-order valence-corrected chi connectivity index (χ3v) is 4.79. The molecule has 0 saturated carbocycles. The van der Waals surface area contributed by atoms with Gasteiger partial charge in [-0.15, -0.1) is 0 Å². The first-order valence-electron chi connectivity index (χ1n) is 7.29. The second-order valence-electron chi connectivity index (χ2n) is 5.62. The Balaban J connectivity index is 1.87. The number of hydrogen-bond donors (Lipinski definition) is 1. The zero-order valence-corrected chi connectivity index (χ0v) is 13.0. The highest BCUT2D eigenvalue weighted by Crippen LogP contribution is 2.19. The zero-order chi connectivity index (χ0) is 13.7. The molecule has 1 saturated heterocycles. The topological polar surface area (TPSA) is 29.3 Å². The number of rotatable bonds is 4. The van der Waals surface area contributed by atoms with Crippen LogP contribution in [-0.2, 0) is 0 Å². The first-order valence-corrected chi connectivity index (χ1v) is 8.44. The van der Waals surface area contributed by atoms with Gasteiger partial charge in [-0.2, -0.15) is 11.8 Å². The van der Waals surface area contributed by atoms with Gasteiger partial charge in [0.1, 0.15) is 0 Å². The number of thioether (sulfide) groups is 1. The molecule has 3 heteroatoms. The van der Waals surface area contributed by atoms with E-state index >= 15 is 0 Å². The third-order valence-electron chi connectivity index (χ3n) is 3.74. The van der Waals surface area contributed by atoms with Crippen molar-refractivity contribution in [2.75, 3.05) is 31.1 Å². The van der Waals surface area contributed by atoms with Crippen molar-refractivity contribution in [1.82, 2.24) is 4.90 Å². The normalized spacial score (nSPS) is 19.1. The van der Waals surface area contributed by atoms with E-state index in [2.05, 4.69) is 48.7 Å². The number of benzene rings is 1. The number of nitrogens with zero attached hydrogens (tertiary/aromatic N) is 1. The predicted octanol–water partition coefficient (Wildman–Crippen LogP) is 3.13. The summed E-state index contributed by atoms with van der Waals surface area (Å²) in [6.07, 6.45) is 2.39. The molecule has 19 heavy (non-hydrogen) atoms. The van der Waals surface area contributed by atoms with E-state index < -0.39 is 0 Å². The van der Waals surface area contributed by atoms with Gasteiger partial charge in [0.25, 0.3) is 0 Å². The Morgan fingerprint density at radius 3 is 2.63 bits per heavy atom. The van der Waals surface area contributed by atoms with E-state index in [0.29, 0.717) is 0 Å². The van der Waals surface area contributed by atoms with Gasteiger partial charge in [-0.1, -0.05) is 29.3 Å². The van der Waals surface area contributed by atoms with E-state index in [9.17, 15) is 0 Å². The molecule has 0 bridgehead atoms. The number of aryl methyl sites for hydroxylation is 2. The molecule has 1 heterocycles. The summed E-state index contributed by atoms with van der Waals surface area (Å²) >= 11 is 2.08. The molecule has 106 valence electrons. The Morgan fingerprint density at radius 2 is 1.89 bits per heavy atom. The van der Waals surface area contributed by atoms with Crippen LogP contribution < -0.4 is 5.73 Å². The average molecular weight is 278 g/mol. The molecule has 1 aliphatic heterocycles. The van der Waals surface area contributed by atoms with Crippen LogP contribution in [0.15, 0.2) is 18.2 Å². The molecule has 0 amide bonds. The van der Waals surface area contributed by atoms with Gasteiger partial charge in [-0.05, 0) is 51.1 Å². The Kier molecular flexibility index (Phi) is 5.74. The van der Waals surface area contributed by atoms with Crippen molar-refractivity contribution < 1.29 is 0 Å². The van der Waals surface area contributed by atoms with Gasteiger partial charge in [-0.25, -0.2) is 0 Å². The smallest absolute Gasteiger partial charge is 0.0307 e. The van der Waals surface area contributed by atoms with Crippen LogP contribution >= 0.6 is 11.8 Å². The first kappa shape index (κ1) is 14.9. The maximum absolute atomic E-state index is 6.36. The van der Waals surface area contributed by atoms with Crippen molar-refractivity contribution in [1.29, 1.82) is 0 Å². The van der Waals surface area contributed by atoms with Crippen LogP contribution in [0.25, 0.3) is 0 Å². The largest absolute Gasteiger partial charge is 0.324 e. The molecule has 0 radical (unpaired) electrons. The maximum atomic E-state index is 6.36. The first-order chi connectivity index (χ1) is 9.15. The SMILES string of the molecule is Cc1cc(C)cc(C(N)CCN2CCCSCC2)c1. The lowest BCUT2D eigenvalue weighted by atomic mass is 9.99. The molecule has 1 aromatic rings. The van der Waals surface area contributed by atoms with E-state index in [1.54, 1.807) is 0 Å². The third kappa shape index (κ3) is 4.83. The van der Waals surface area contributed by atoms with Crippen LogP contribution in [0.2, 0.25) is 0 Å². The van der Waals surface area contributed by atoms with Crippen molar-refractivity contribution in [3.05, 3.63) is 34.9 Å². The summed E-state index contributed by atoms with van der Waals surface area (Å²) in [6, 6.07) is 6.85. The van der Waals surface area contributed by atoms with Crippen molar-refractivity contribution in [3.8, 4) is 0 Å². The highest BCUT2D eigenvalue weighted by molar-refractivity contribution is 7.99. The van der Waals surface area contributed by atoms with Gasteiger partial charge in [0.05, 0.1) is 0 Å². The Labute approximate surface area is 121 Å². The highest BCUT2D eigenvalue weighted by atomic mass is 32.2. The van der Waals surface area contributed by atoms with Gasteiger partial charge >= 0.3 is 0 Å². The lowest BCUT2D eigenvalue weighted by molar-refractivity contribution is 0.283. The fourth-order valence-corrected chi connectivity index (χ4v) is 3.66. The van der Waals surface area contributed by atoms with Crippen LogP contribution in [0.5, 0.6) is 0 Å². The van der Waals surface area contributed by atoms with Crippen LogP contribution in [-0.4, -0.2) is 36.0 Å². The van der Waals surface area contributed by atoms with Crippen molar-refractivity contribution in [3.63, 3.8) is 0 Å². The summed E-state index contributed by atoms with van der Waals surface area (Å²) in [5.74, 6) is 2.60. The van der Waals surface area contributed by atoms with E-state index in [1.807, 2.05) is 0 Å². The van der Waals surface area contributed by atoms with Gasteiger partial charge in [0.2, 0.25) is 0 Å². The molecule has 1 fully saturated rings. The van der Waals surface area contributed by atoms with Crippen molar-refractivity contribution in [2.24, 2.45) is 5.73 Å². The highest BCUT2D eigenvalue weighted by Gasteiger charge is 2.12. The Morgan fingerprint density at radius 1 is 1.16 bits per heavy atom. The second kappa shape index (κ2) is 7.32. The standard InChI is InChI=1S/C16H26N2S/c1-13-10-14(2)12-15(11-13)16(17)4-6-18-5-3-8-19-9-7-18/h10-12,16H,3-9,17H2,1-2H3. The quantitative estimate of drug-likeness (QED) is 0.917. The lowest BCUT2D eigenvalue weighted by Gasteiger charge is -2.22. The molecule has 0 aliphatic carbocycles. The molecule has 2 N–H and O–H groups in total. The second-order valence-corrected chi connectivity index (χ2v) is 6.85. The lowest BCUT2D eigenvalue weighted by Crippen LogP contribution is -2.29. The number of nitrogens with two attached hydrogens (primary N) is 1. The summed E-state index contributed by atoms with van der Waals surface area (Å²) in [4.78, 5) is 2.57. The van der Waals surface area contributed by atoms with Crippen LogP contribution in [0, 0.1) is 13.8 Å². The summed E-state index contributed by atoms with van der Waals surface area (Å²) in [6.45, 7) is 7.90. The molecular formula is C16H26N2S. The molecule has 1 unspecified atom stereocenters. The minimum absolute atomic E-state index is 0.175. The summed E-state index contributed by atoms with van der Waals surface area (Å²) < 4.78 is 0. The molecular weight excluding hydrogens is 252 g/mol. The zero-order valence-electron chi connectivity index (χ0n) is 12.2. The van der Waals surface area contributed by atoms with E-state index in [-0.39, 0.29) is 6.04 Å². The van der Waals surface area contributed by atoms with E-state index in [1.165, 1.54) is 47.7 Å². The fourth-order valence-electron chi connectivity index (χ4n) is 2.73. The van der Waals surface area contributed by atoms with Gasteiger partial charge in [-0.3, -0.25) is 0 Å². The van der Waals surface area contributed by atoms with Crippen LogP contribution in [0.1, 0.15) is 35.6 Å². The Bertz CT molecular complexity index is 377.